The number of fused-ring (bicyclic) bond motifs is 1. The molecular weight excluding hydrogens is 290 g/mol. The first-order valence-electron chi connectivity index (χ1n) is 7.57. The van der Waals surface area contributed by atoms with Gasteiger partial charge < -0.3 is 28.8 Å². The van der Waals surface area contributed by atoms with Gasteiger partial charge in [-0.15, -0.1) is 0 Å². The molecule has 0 aromatic carbocycles. The molecule has 3 fully saturated rings. The lowest BCUT2D eigenvalue weighted by molar-refractivity contribution is -0.224. The van der Waals surface area contributed by atoms with Crippen LogP contribution in [0.5, 0.6) is 0 Å². The van der Waals surface area contributed by atoms with E-state index in [1.165, 1.54) is 0 Å². The third-order valence-corrected chi connectivity index (χ3v) is 4.29. The van der Waals surface area contributed by atoms with Crippen LogP contribution in [0.25, 0.3) is 0 Å². The third kappa shape index (κ3) is 2.75. The van der Waals surface area contributed by atoms with E-state index in [0.717, 1.165) is 0 Å². The third-order valence-electron chi connectivity index (χ3n) is 4.29. The molecule has 22 heavy (non-hydrogen) atoms. The van der Waals surface area contributed by atoms with Gasteiger partial charge in [-0.3, -0.25) is 0 Å². The SMILES string of the molecule is CC1(C)OC[C@H]([C@H]2O[C@](C#N)(CO)C[C@H]3OC(C)(C)O[C@@H]23)O1. The fourth-order valence-electron chi connectivity index (χ4n) is 3.37. The van der Waals surface area contributed by atoms with E-state index in [9.17, 15) is 10.4 Å². The van der Waals surface area contributed by atoms with Crippen molar-refractivity contribution in [1.29, 1.82) is 5.26 Å². The second kappa shape index (κ2) is 5.13. The molecule has 0 spiro atoms. The quantitative estimate of drug-likeness (QED) is 0.802. The predicted octanol–water partition coefficient (Wildman–Crippen LogP) is 0.702. The summed E-state index contributed by atoms with van der Waals surface area (Å²) in [7, 11) is 0. The fraction of sp³-hybridized carbons (Fsp3) is 0.933. The van der Waals surface area contributed by atoms with Crippen molar-refractivity contribution < 1.29 is 28.8 Å². The topological polar surface area (TPSA) is 90.2 Å². The highest BCUT2D eigenvalue weighted by molar-refractivity contribution is 5.11. The van der Waals surface area contributed by atoms with E-state index >= 15 is 0 Å². The number of hydrogen-bond donors (Lipinski definition) is 1. The summed E-state index contributed by atoms with van der Waals surface area (Å²) in [5.74, 6) is -1.46. The standard InChI is InChI=1S/C15H23NO6/c1-13(2)18-6-10(20-13)12-11-9(19-14(3,4)21-11)5-15(7-16,8-17)22-12/h9-12,17H,5-6,8H2,1-4H3/t9-,10-,11-,12-,15-/m1/s1. The average Bonchev–Trinajstić information content (AvgIpc) is 2.95. The molecule has 0 radical (unpaired) electrons. The monoisotopic (exact) mass is 313 g/mol. The summed E-state index contributed by atoms with van der Waals surface area (Å²) in [6.45, 7) is 7.25. The molecule has 0 unspecified atom stereocenters. The molecular formula is C15H23NO6. The van der Waals surface area contributed by atoms with Crippen LogP contribution in [0.4, 0.5) is 0 Å². The minimum atomic E-state index is -1.30. The number of ether oxygens (including phenoxy) is 5. The highest BCUT2D eigenvalue weighted by atomic mass is 16.8. The molecule has 0 aliphatic carbocycles. The Morgan fingerprint density at radius 3 is 2.18 bits per heavy atom. The first-order chi connectivity index (χ1) is 10.2. The van der Waals surface area contributed by atoms with Crippen LogP contribution in [-0.4, -0.2) is 59.9 Å². The van der Waals surface area contributed by atoms with Crippen LogP contribution >= 0.6 is 0 Å². The number of nitrogens with zero attached hydrogens (tertiary/aromatic N) is 1. The predicted molar refractivity (Wildman–Crippen MR) is 73.6 cm³/mol. The zero-order valence-corrected chi connectivity index (χ0v) is 13.4. The Balaban J connectivity index is 1.87. The molecule has 3 aliphatic rings. The van der Waals surface area contributed by atoms with Crippen LogP contribution in [-0.2, 0) is 23.7 Å². The zero-order valence-electron chi connectivity index (χ0n) is 13.4. The molecule has 0 aromatic rings. The normalized spacial score (nSPS) is 46.2. The summed E-state index contributed by atoms with van der Waals surface area (Å²) in [4.78, 5) is 0. The highest BCUT2D eigenvalue weighted by Crippen LogP contribution is 2.43. The van der Waals surface area contributed by atoms with Crippen molar-refractivity contribution in [3.8, 4) is 6.07 Å². The van der Waals surface area contributed by atoms with Gasteiger partial charge in [0.05, 0.1) is 19.3 Å². The first-order valence-corrected chi connectivity index (χ1v) is 7.57. The lowest BCUT2D eigenvalue weighted by Crippen LogP contribution is -2.58. The Kier molecular flexibility index (Phi) is 3.76. The number of rotatable bonds is 2. The Morgan fingerprint density at radius 1 is 1.00 bits per heavy atom. The summed E-state index contributed by atoms with van der Waals surface area (Å²) in [5.41, 5.74) is -1.30. The van der Waals surface area contributed by atoms with Gasteiger partial charge in [-0.05, 0) is 27.7 Å². The molecule has 3 aliphatic heterocycles. The molecule has 3 saturated heterocycles. The Hall–Kier alpha value is -0.750. The minimum Gasteiger partial charge on any atom is -0.392 e. The summed E-state index contributed by atoms with van der Waals surface area (Å²) >= 11 is 0. The van der Waals surface area contributed by atoms with Crippen LogP contribution in [0.3, 0.4) is 0 Å². The van der Waals surface area contributed by atoms with Gasteiger partial charge >= 0.3 is 0 Å². The van der Waals surface area contributed by atoms with Crippen molar-refractivity contribution in [3.05, 3.63) is 0 Å². The van der Waals surface area contributed by atoms with Crippen LogP contribution in [0.2, 0.25) is 0 Å². The van der Waals surface area contributed by atoms with Crippen LogP contribution in [0.1, 0.15) is 34.1 Å². The second-order valence-corrected chi connectivity index (χ2v) is 7.06. The van der Waals surface area contributed by atoms with Crippen molar-refractivity contribution in [3.63, 3.8) is 0 Å². The van der Waals surface area contributed by atoms with E-state index in [-0.39, 0.29) is 24.7 Å². The van der Waals surface area contributed by atoms with Gasteiger partial charge in [0.2, 0.25) is 0 Å². The van der Waals surface area contributed by atoms with Gasteiger partial charge in [-0.25, -0.2) is 0 Å². The lowest BCUT2D eigenvalue weighted by Gasteiger charge is -2.42. The van der Waals surface area contributed by atoms with E-state index in [1.54, 1.807) is 0 Å². The molecule has 0 amide bonds. The maximum atomic E-state index is 9.64. The van der Waals surface area contributed by atoms with E-state index in [4.69, 9.17) is 23.7 Å². The zero-order chi connectivity index (χ0) is 16.2. The molecule has 7 heteroatoms. The van der Waals surface area contributed by atoms with Gasteiger partial charge in [0, 0.05) is 6.42 Å². The molecule has 7 nitrogen and oxygen atoms in total. The van der Waals surface area contributed by atoms with Crippen LogP contribution in [0.15, 0.2) is 0 Å². The number of aliphatic hydroxyl groups excluding tert-OH is 1. The number of nitriles is 1. The van der Waals surface area contributed by atoms with E-state index in [1.807, 2.05) is 27.7 Å². The Morgan fingerprint density at radius 2 is 1.64 bits per heavy atom. The van der Waals surface area contributed by atoms with Gasteiger partial charge in [0.25, 0.3) is 0 Å². The fourth-order valence-corrected chi connectivity index (χ4v) is 3.37. The Bertz CT molecular complexity index is 487. The smallest absolute Gasteiger partial charge is 0.180 e. The van der Waals surface area contributed by atoms with Crippen LogP contribution < -0.4 is 0 Å². The van der Waals surface area contributed by atoms with Crippen molar-refractivity contribution >= 4 is 0 Å². The van der Waals surface area contributed by atoms with Crippen molar-refractivity contribution in [2.45, 2.75) is 75.7 Å². The maximum Gasteiger partial charge on any atom is 0.180 e. The molecule has 3 rings (SSSR count). The van der Waals surface area contributed by atoms with Gasteiger partial charge in [0.15, 0.2) is 17.2 Å². The molecule has 124 valence electrons. The van der Waals surface area contributed by atoms with Crippen molar-refractivity contribution in [2.75, 3.05) is 13.2 Å². The van der Waals surface area contributed by atoms with Gasteiger partial charge in [0.1, 0.15) is 24.4 Å². The van der Waals surface area contributed by atoms with Gasteiger partial charge in [-0.2, -0.15) is 5.26 Å². The number of aliphatic hydroxyl groups is 1. The average molecular weight is 313 g/mol. The largest absolute Gasteiger partial charge is 0.392 e. The molecule has 0 saturated carbocycles. The van der Waals surface area contributed by atoms with E-state index < -0.39 is 29.9 Å². The summed E-state index contributed by atoms with van der Waals surface area (Å²) < 4.78 is 29.3. The van der Waals surface area contributed by atoms with E-state index in [0.29, 0.717) is 6.61 Å². The van der Waals surface area contributed by atoms with E-state index in [2.05, 4.69) is 6.07 Å². The number of hydrogen-bond acceptors (Lipinski definition) is 7. The summed E-state index contributed by atoms with van der Waals surface area (Å²) in [5, 5.41) is 19.1. The van der Waals surface area contributed by atoms with Crippen molar-refractivity contribution in [2.24, 2.45) is 0 Å². The van der Waals surface area contributed by atoms with Crippen molar-refractivity contribution in [1.82, 2.24) is 0 Å². The highest BCUT2D eigenvalue weighted by Gasteiger charge is 2.58. The molecule has 5 atom stereocenters. The maximum absolute atomic E-state index is 9.64. The first kappa shape index (κ1) is 16.1. The lowest BCUT2D eigenvalue weighted by atomic mass is 9.87. The molecule has 3 heterocycles. The Labute approximate surface area is 130 Å². The van der Waals surface area contributed by atoms with Crippen LogP contribution in [0, 0.1) is 11.3 Å². The summed E-state index contributed by atoms with van der Waals surface area (Å²) in [6, 6.07) is 2.08. The minimum absolute atomic E-state index is 0.265. The second-order valence-electron chi connectivity index (χ2n) is 7.06. The molecule has 1 N–H and O–H groups in total. The molecule has 0 aromatic heterocycles. The molecule has 0 bridgehead atoms. The summed E-state index contributed by atoms with van der Waals surface area (Å²) in [6.07, 6.45) is -1.33. The van der Waals surface area contributed by atoms with Gasteiger partial charge in [-0.1, -0.05) is 0 Å².